The highest BCUT2D eigenvalue weighted by atomic mass is 35.5. The van der Waals surface area contributed by atoms with Crippen molar-refractivity contribution >= 4 is 11.7 Å². The maximum atomic E-state index is 11.8. The Kier molecular flexibility index (Phi) is 6.58. The van der Waals surface area contributed by atoms with Gasteiger partial charge in [0.2, 0.25) is 11.3 Å². The van der Waals surface area contributed by atoms with E-state index in [1.807, 2.05) is 21.0 Å². The molecule has 0 saturated carbocycles. The van der Waals surface area contributed by atoms with Gasteiger partial charge in [0.1, 0.15) is 0 Å². The minimum absolute atomic E-state index is 0. The second-order valence-electron chi connectivity index (χ2n) is 4.41. The molecule has 1 amide bonds. The first-order chi connectivity index (χ1) is 6.74. The van der Waals surface area contributed by atoms with E-state index < -0.39 is 11.4 Å². The molecule has 0 aromatic heterocycles. The number of halogens is 1. The van der Waals surface area contributed by atoms with E-state index in [1.165, 1.54) is 6.08 Å². The van der Waals surface area contributed by atoms with Crippen molar-refractivity contribution in [3.05, 3.63) is 12.7 Å². The number of amides is 1. The second-order valence-corrected chi connectivity index (χ2v) is 4.41. The molecule has 0 bridgehead atoms. The fraction of sp³-hybridized carbons (Fsp3) is 0.636. The summed E-state index contributed by atoms with van der Waals surface area (Å²) in [6, 6.07) is 0. The lowest BCUT2D eigenvalue weighted by atomic mass is 9.90. The van der Waals surface area contributed by atoms with Crippen LogP contribution in [0.25, 0.3) is 0 Å². The van der Waals surface area contributed by atoms with E-state index in [9.17, 15) is 9.59 Å². The van der Waals surface area contributed by atoms with Crippen LogP contribution >= 0.6 is 0 Å². The summed E-state index contributed by atoms with van der Waals surface area (Å²) in [7, 11) is 3.66. The maximum Gasteiger partial charge on any atom is 0.287 e. The summed E-state index contributed by atoms with van der Waals surface area (Å²) in [5.41, 5.74) is 4.12. The highest BCUT2D eigenvalue weighted by Crippen LogP contribution is 2.22. The zero-order chi connectivity index (χ0) is 12.3. The monoisotopic (exact) mass is 248 g/mol. The zero-order valence-corrected chi connectivity index (χ0v) is 11.2. The van der Waals surface area contributed by atoms with Crippen LogP contribution in [0.5, 0.6) is 0 Å². The van der Waals surface area contributed by atoms with Crippen LogP contribution in [0, 0.1) is 0 Å². The van der Waals surface area contributed by atoms with Gasteiger partial charge in [-0.25, -0.2) is 0 Å². The van der Waals surface area contributed by atoms with E-state index >= 15 is 0 Å². The molecule has 0 heterocycles. The summed E-state index contributed by atoms with van der Waals surface area (Å²) in [5, 5.41) is 0. The number of primary amides is 1. The van der Waals surface area contributed by atoms with E-state index in [0.717, 1.165) is 6.42 Å². The van der Waals surface area contributed by atoms with Gasteiger partial charge in [0.25, 0.3) is 5.91 Å². The fourth-order valence-electron chi connectivity index (χ4n) is 1.70. The van der Waals surface area contributed by atoms with Crippen LogP contribution in [0.2, 0.25) is 0 Å². The second kappa shape index (κ2) is 6.01. The van der Waals surface area contributed by atoms with Crippen LogP contribution in [0.4, 0.5) is 0 Å². The third-order valence-electron chi connectivity index (χ3n) is 3.14. The molecule has 0 spiro atoms. The minimum atomic E-state index is -1.22. The van der Waals surface area contributed by atoms with Gasteiger partial charge in [-0.15, -0.1) is 0 Å². The Balaban J connectivity index is 0. The van der Waals surface area contributed by atoms with Crippen LogP contribution < -0.4 is 18.1 Å². The number of carbonyl (C=O) groups excluding carboxylic acids is 2. The number of likely N-dealkylation sites (N-methyl/N-ethyl adjacent to an activating group) is 1. The zero-order valence-electron chi connectivity index (χ0n) is 10.4. The van der Waals surface area contributed by atoms with E-state index in [1.54, 1.807) is 6.92 Å². The molecule has 0 fully saturated rings. The number of nitrogens with zero attached hydrogens (tertiary/aromatic N) is 1. The van der Waals surface area contributed by atoms with E-state index in [2.05, 4.69) is 6.58 Å². The number of ketones is 1. The number of quaternary nitrogens is 1. The molecule has 0 rings (SSSR count). The predicted octanol–water partition coefficient (Wildman–Crippen LogP) is -2.52. The number of carbonyl (C=O) groups is 2. The number of rotatable bonds is 6. The maximum absolute atomic E-state index is 11.8. The quantitative estimate of drug-likeness (QED) is 0.320. The molecule has 0 aliphatic carbocycles. The molecular weight excluding hydrogens is 228 g/mol. The molecule has 94 valence electrons. The number of nitrogens with two attached hydrogens (primary N) is 1. The van der Waals surface area contributed by atoms with Crippen molar-refractivity contribution in [2.24, 2.45) is 5.73 Å². The number of hydrogen-bond acceptors (Lipinski definition) is 2. The summed E-state index contributed by atoms with van der Waals surface area (Å²) in [6.45, 7) is 7.70. The van der Waals surface area contributed by atoms with Crippen molar-refractivity contribution in [3.63, 3.8) is 0 Å². The van der Waals surface area contributed by atoms with Crippen molar-refractivity contribution in [1.82, 2.24) is 0 Å². The molecule has 0 aromatic carbocycles. The van der Waals surface area contributed by atoms with Crippen molar-refractivity contribution in [3.8, 4) is 0 Å². The molecule has 0 saturated heterocycles. The van der Waals surface area contributed by atoms with Crippen molar-refractivity contribution < 1.29 is 26.5 Å². The SMILES string of the molecule is C=CC(=O)C(C)(C(N)=O)[N+](C)(C)CCC.[Cl-]. The van der Waals surface area contributed by atoms with Crippen molar-refractivity contribution in [2.45, 2.75) is 25.8 Å². The first-order valence-corrected chi connectivity index (χ1v) is 5.04. The minimum Gasteiger partial charge on any atom is -1.00 e. The fourth-order valence-corrected chi connectivity index (χ4v) is 1.70. The van der Waals surface area contributed by atoms with Gasteiger partial charge in [-0.05, 0) is 12.5 Å². The molecule has 4 nitrogen and oxygen atoms in total. The summed E-state index contributed by atoms with van der Waals surface area (Å²) in [6.07, 6.45) is 2.04. The molecule has 0 aliphatic rings. The summed E-state index contributed by atoms with van der Waals surface area (Å²) >= 11 is 0. The third-order valence-corrected chi connectivity index (χ3v) is 3.14. The molecule has 16 heavy (non-hydrogen) atoms. The molecular formula is C11H21ClN2O2. The third kappa shape index (κ3) is 2.83. The lowest BCUT2D eigenvalue weighted by Crippen LogP contribution is -3.00. The first-order valence-electron chi connectivity index (χ1n) is 5.04. The molecule has 2 N–H and O–H groups in total. The Morgan fingerprint density at radius 3 is 2.12 bits per heavy atom. The van der Waals surface area contributed by atoms with Gasteiger partial charge in [-0.1, -0.05) is 13.5 Å². The summed E-state index contributed by atoms with van der Waals surface area (Å²) in [5.74, 6) is -0.931. The topological polar surface area (TPSA) is 60.2 Å². The average molecular weight is 249 g/mol. The average Bonchev–Trinajstić information content (AvgIpc) is 2.14. The summed E-state index contributed by atoms with van der Waals surface area (Å²) in [4.78, 5) is 23.2. The lowest BCUT2D eigenvalue weighted by Gasteiger charge is -2.42. The van der Waals surface area contributed by atoms with Crippen LogP contribution in [-0.4, -0.2) is 42.4 Å². The Hall–Kier alpha value is -0.870. The molecule has 1 atom stereocenters. The van der Waals surface area contributed by atoms with E-state index in [0.29, 0.717) is 6.54 Å². The highest BCUT2D eigenvalue weighted by molar-refractivity contribution is 6.12. The predicted molar refractivity (Wildman–Crippen MR) is 60.1 cm³/mol. The lowest BCUT2D eigenvalue weighted by molar-refractivity contribution is -0.919. The van der Waals surface area contributed by atoms with Gasteiger partial charge < -0.3 is 22.6 Å². The van der Waals surface area contributed by atoms with Crippen LogP contribution in [0.3, 0.4) is 0 Å². The number of hydrogen-bond donors (Lipinski definition) is 1. The molecule has 0 aliphatic heterocycles. The van der Waals surface area contributed by atoms with Gasteiger partial charge >= 0.3 is 0 Å². The van der Waals surface area contributed by atoms with E-state index in [-0.39, 0.29) is 22.7 Å². The smallest absolute Gasteiger partial charge is 0.287 e. The van der Waals surface area contributed by atoms with Gasteiger partial charge in [0.15, 0.2) is 0 Å². The summed E-state index contributed by atoms with van der Waals surface area (Å²) < 4.78 is 0.254. The standard InChI is InChI=1S/C11H20N2O2.ClH/c1-6-8-13(4,5)11(3,10(12)15)9(14)7-2;/h7H,2,6,8H2,1,3-5H3,(H-,12,15);1H. The Bertz CT molecular complexity index is 290. The normalized spacial score (nSPS) is 14.5. The first kappa shape index (κ1) is 17.5. The molecule has 0 radical (unpaired) electrons. The van der Waals surface area contributed by atoms with Crippen molar-refractivity contribution in [1.29, 1.82) is 0 Å². The van der Waals surface area contributed by atoms with Gasteiger partial charge in [0.05, 0.1) is 20.6 Å². The van der Waals surface area contributed by atoms with Gasteiger partial charge in [-0.2, -0.15) is 0 Å². The van der Waals surface area contributed by atoms with Crippen molar-refractivity contribution in [2.75, 3.05) is 20.6 Å². The molecule has 5 heteroatoms. The highest BCUT2D eigenvalue weighted by Gasteiger charge is 2.51. The molecule has 0 aromatic rings. The Morgan fingerprint density at radius 2 is 1.88 bits per heavy atom. The van der Waals surface area contributed by atoms with E-state index in [4.69, 9.17) is 5.73 Å². The largest absolute Gasteiger partial charge is 1.00 e. The Morgan fingerprint density at radius 1 is 1.44 bits per heavy atom. The van der Waals surface area contributed by atoms with Crippen LogP contribution in [0.15, 0.2) is 12.7 Å². The molecule has 1 unspecified atom stereocenters. The van der Waals surface area contributed by atoms with Crippen LogP contribution in [-0.2, 0) is 9.59 Å². The van der Waals surface area contributed by atoms with Gasteiger partial charge in [0, 0.05) is 6.92 Å². The Labute approximate surface area is 103 Å². The van der Waals surface area contributed by atoms with Gasteiger partial charge in [-0.3, -0.25) is 9.59 Å². The van der Waals surface area contributed by atoms with Crippen LogP contribution in [0.1, 0.15) is 20.3 Å².